The van der Waals surface area contributed by atoms with Gasteiger partial charge in [-0.15, -0.1) is 0 Å². The van der Waals surface area contributed by atoms with Crippen molar-refractivity contribution in [2.24, 2.45) is 5.16 Å². The van der Waals surface area contributed by atoms with Gasteiger partial charge >= 0.3 is 0 Å². The highest BCUT2D eigenvalue weighted by Gasteiger charge is 2.37. The number of nitrogens with zero attached hydrogens (tertiary/aromatic N) is 2. The quantitative estimate of drug-likeness (QED) is 0.861. The second-order valence-corrected chi connectivity index (χ2v) is 6.44. The van der Waals surface area contributed by atoms with Gasteiger partial charge in [0.25, 0.3) is 5.91 Å². The molecule has 5 nitrogen and oxygen atoms in total. The van der Waals surface area contributed by atoms with Crippen LogP contribution < -0.4 is 4.74 Å². The summed E-state index contributed by atoms with van der Waals surface area (Å²) in [5.74, 6) is 0.869. The first-order valence-electron chi connectivity index (χ1n) is 8.29. The molecular weight excluding hydrogens is 292 g/mol. The summed E-state index contributed by atoms with van der Waals surface area (Å²) in [6.45, 7) is 4.24. The van der Waals surface area contributed by atoms with Crippen LogP contribution in [0.4, 0.5) is 0 Å². The number of hydrogen-bond acceptors (Lipinski definition) is 4. The van der Waals surface area contributed by atoms with Crippen LogP contribution in [0.2, 0.25) is 0 Å². The smallest absolute Gasteiger partial charge is 0.267 e. The van der Waals surface area contributed by atoms with E-state index in [9.17, 15) is 4.79 Å². The van der Waals surface area contributed by atoms with Crippen molar-refractivity contribution in [2.75, 3.05) is 7.11 Å². The lowest BCUT2D eigenvalue weighted by molar-refractivity contribution is -0.148. The molecule has 5 heteroatoms. The molecule has 124 valence electrons. The molecule has 1 aromatic carbocycles. The molecule has 2 heterocycles. The Balaban J connectivity index is 1.67. The minimum absolute atomic E-state index is 0.0666. The van der Waals surface area contributed by atoms with Crippen molar-refractivity contribution in [1.82, 2.24) is 4.90 Å². The largest absolute Gasteiger partial charge is 0.497 e. The highest BCUT2D eigenvalue weighted by molar-refractivity contribution is 6.04. The third kappa shape index (κ3) is 3.19. The molecule has 0 spiro atoms. The van der Waals surface area contributed by atoms with Crippen molar-refractivity contribution in [2.45, 2.75) is 57.7 Å². The molecule has 3 atom stereocenters. The standard InChI is InChI=1S/C18H24N2O3/c1-12-5-4-6-13(2)20(12)18(21)17-11-16(19-23-17)14-7-9-15(22-3)10-8-14/h7-10,12-13,17H,4-6,11H2,1-3H3/t12-,13+,17-/m0/s1. The molecule has 0 aromatic heterocycles. The maximum atomic E-state index is 12.8. The average Bonchev–Trinajstić information content (AvgIpc) is 3.04. The molecule has 2 aliphatic heterocycles. The molecule has 1 fully saturated rings. The first-order valence-corrected chi connectivity index (χ1v) is 8.29. The first kappa shape index (κ1) is 15.8. The number of carbonyl (C=O) groups is 1. The number of amides is 1. The molecule has 1 aromatic rings. The van der Waals surface area contributed by atoms with Crippen LogP contribution in [-0.4, -0.2) is 41.8 Å². The van der Waals surface area contributed by atoms with Crippen LogP contribution in [0, 0.1) is 0 Å². The zero-order valence-corrected chi connectivity index (χ0v) is 14.0. The number of piperidine rings is 1. The van der Waals surface area contributed by atoms with Crippen LogP contribution in [0.25, 0.3) is 0 Å². The maximum absolute atomic E-state index is 12.8. The van der Waals surface area contributed by atoms with Crippen molar-refractivity contribution < 1.29 is 14.4 Å². The van der Waals surface area contributed by atoms with Gasteiger partial charge < -0.3 is 14.5 Å². The Morgan fingerprint density at radius 3 is 2.48 bits per heavy atom. The van der Waals surface area contributed by atoms with Gasteiger partial charge in [-0.3, -0.25) is 4.79 Å². The van der Waals surface area contributed by atoms with Crippen LogP contribution in [-0.2, 0) is 9.63 Å². The molecule has 0 saturated carbocycles. The highest BCUT2D eigenvalue weighted by Crippen LogP contribution is 2.27. The topological polar surface area (TPSA) is 51.1 Å². The summed E-state index contributed by atoms with van der Waals surface area (Å²) in [7, 11) is 1.64. The normalized spacial score (nSPS) is 27.3. The van der Waals surface area contributed by atoms with Crippen LogP contribution in [0.3, 0.4) is 0 Å². The predicted molar refractivity (Wildman–Crippen MR) is 88.6 cm³/mol. The van der Waals surface area contributed by atoms with E-state index in [4.69, 9.17) is 9.57 Å². The van der Waals surface area contributed by atoms with Gasteiger partial charge in [0, 0.05) is 18.5 Å². The summed E-state index contributed by atoms with van der Waals surface area (Å²) in [5, 5.41) is 4.14. The fourth-order valence-corrected chi connectivity index (χ4v) is 3.49. The zero-order chi connectivity index (χ0) is 16.4. The van der Waals surface area contributed by atoms with Gasteiger partial charge in [-0.1, -0.05) is 5.16 Å². The van der Waals surface area contributed by atoms with Crippen molar-refractivity contribution in [3.8, 4) is 5.75 Å². The molecular formula is C18H24N2O3. The third-order valence-electron chi connectivity index (χ3n) is 4.82. The molecule has 1 saturated heterocycles. The van der Waals surface area contributed by atoms with Gasteiger partial charge in [0.15, 0.2) is 0 Å². The van der Waals surface area contributed by atoms with Crippen LogP contribution in [0.1, 0.15) is 45.1 Å². The molecule has 1 amide bonds. The maximum Gasteiger partial charge on any atom is 0.267 e. The van der Waals surface area contributed by atoms with Crippen LogP contribution >= 0.6 is 0 Å². The molecule has 0 unspecified atom stereocenters. The van der Waals surface area contributed by atoms with Gasteiger partial charge in [-0.25, -0.2) is 0 Å². The Labute approximate surface area is 137 Å². The lowest BCUT2D eigenvalue weighted by atomic mass is 9.96. The summed E-state index contributed by atoms with van der Waals surface area (Å²) >= 11 is 0. The van der Waals surface area contributed by atoms with Gasteiger partial charge in [0.05, 0.1) is 12.8 Å². The lowest BCUT2D eigenvalue weighted by Crippen LogP contribution is -2.51. The second-order valence-electron chi connectivity index (χ2n) is 6.44. The number of ether oxygens (including phenoxy) is 1. The molecule has 2 aliphatic rings. The monoisotopic (exact) mass is 316 g/mol. The van der Waals surface area contributed by atoms with E-state index < -0.39 is 6.10 Å². The molecule has 0 bridgehead atoms. The molecule has 3 rings (SSSR count). The summed E-state index contributed by atoms with van der Waals surface area (Å²) in [6.07, 6.45) is 3.35. The first-order chi connectivity index (χ1) is 11.1. The number of benzene rings is 1. The van der Waals surface area contributed by atoms with E-state index in [1.54, 1.807) is 7.11 Å². The Bertz CT molecular complexity index is 587. The molecule has 0 aliphatic carbocycles. The zero-order valence-electron chi connectivity index (χ0n) is 14.0. The van der Waals surface area contributed by atoms with E-state index in [1.807, 2.05) is 29.2 Å². The van der Waals surface area contributed by atoms with Crippen molar-refractivity contribution in [3.05, 3.63) is 29.8 Å². The fraction of sp³-hybridized carbons (Fsp3) is 0.556. The lowest BCUT2D eigenvalue weighted by Gasteiger charge is -2.39. The summed E-state index contributed by atoms with van der Waals surface area (Å²) in [6, 6.07) is 8.23. The van der Waals surface area contributed by atoms with E-state index >= 15 is 0 Å². The summed E-state index contributed by atoms with van der Waals surface area (Å²) in [5.41, 5.74) is 1.80. The predicted octanol–water partition coefficient (Wildman–Crippen LogP) is 2.98. The minimum atomic E-state index is -0.491. The van der Waals surface area contributed by atoms with Crippen LogP contribution in [0.15, 0.2) is 29.4 Å². The SMILES string of the molecule is COc1ccc(C2=NO[C@H](C(=O)N3[C@H](C)CCC[C@@H]3C)C2)cc1. The Hall–Kier alpha value is -2.04. The Morgan fingerprint density at radius 1 is 1.22 bits per heavy atom. The molecule has 0 N–H and O–H groups in total. The Kier molecular flexibility index (Phi) is 4.55. The summed E-state index contributed by atoms with van der Waals surface area (Å²) < 4.78 is 5.16. The second kappa shape index (κ2) is 6.60. The van der Waals surface area contributed by atoms with E-state index in [0.29, 0.717) is 6.42 Å². The third-order valence-corrected chi connectivity index (χ3v) is 4.82. The minimum Gasteiger partial charge on any atom is -0.497 e. The number of oxime groups is 1. The van der Waals surface area contributed by atoms with Crippen LogP contribution in [0.5, 0.6) is 5.75 Å². The Morgan fingerprint density at radius 2 is 1.87 bits per heavy atom. The van der Waals surface area contributed by atoms with Crippen molar-refractivity contribution in [3.63, 3.8) is 0 Å². The molecule has 0 radical (unpaired) electrons. The molecule has 23 heavy (non-hydrogen) atoms. The van der Waals surface area contributed by atoms with Crippen molar-refractivity contribution in [1.29, 1.82) is 0 Å². The number of methoxy groups -OCH3 is 1. The van der Waals surface area contributed by atoms with Gasteiger partial charge in [0.2, 0.25) is 6.10 Å². The fourth-order valence-electron chi connectivity index (χ4n) is 3.49. The van der Waals surface area contributed by atoms with E-state index in [-0.39, 0.29) is 18.0 Å². The number of rotatable bonds is 3. The van der Waals surface area contributed by atoms with E-state index in [1.165, 1.54) is 6.42 Å². The number of hydrogen-bond donors (Lipinski definition) is 0. The number of likely N-dealkylation sites (tertiary alicyclic amines) is 1. The van der Waals surface area contributed by atoms with Crippen molar-refractivity contribution >= 4 is 11.6 Å². The number of carbonyl (C=O) groups excluding carboxylic acids is 1. The summed E-state index contributed by atoms with van der Waals surface area (Å²) in [4.78, 5) is 20.2. The van der Waals surface area contributed by atoms with Gasteiger partial charge in [-0.2, -0.15) is 0 Å². The van der Waals surface area contributed by atoms with Gasteiger partial charge in [0.1, 0.15) is 5.75 Å². The average molecular weight is 316 g/mol. The highest BCUT2D eigenvalue weighted by atomic mass is 16.6. The van der Waals surface area contributed by atoms with E-state index in [0.717, 1.165) is 29.9 Å². The van der Waals surface area contributed by atoms with Gasteiger partial charge in [-0.05, 0) is 62.9 Å². The van der Waals surface area contributed by atoms with E-state index in [2.05, 4.69) is 19.0 Å².